The second kappa shape index (κ2) is 8.45. The van der Waals surface area contributed by atoms with E-state index >= 15 is 0 Å². The van der Waals surface area contributed by atoms with E-state index < -0.39 is 58.1 Å². The lowest BCUT2D eigenvalue weighted by Gasteiger charge is -2.51. The highest BCUT2D eigenvalue weighted by Gasteiger charge is 2.43. The number of hydrogen-bond acceptors (Lipinski definition) is 5. The minimum Gasteiger partial charge on any atom is -0.502 e. The van der Waals surface area contributed by atoms with Gasteiger partial charge in [-0.15, -0.1) is 0 Å². The molecule has 3 heterocycles. The van der Waals surface area contributed by atoms with Crippen LogP contribution in [0, 0.1) is 17.5 Å². The van der Waals surface area contributed by atoms with E-state index in [1.807, 2.05) is 11.9 Å². The van der Waals surface area contributed by atoms with Gasteiger partial charge in [-0.3, -0.25) is 24.1 Å². The third-order valence-corrected chi connectivity index (χ3v) is 6.19. The first-order valence-corrected chi connectivity index (χ1v) is 10.7. The first-order chi connectivity index (χ1) is 15.6. The number of hydrogen-bond donors (Lipinski definition) is 2. The van der Waals surface area contributed by atoms with Gasteiger partial charge in [0.25, 0.3) is 11.8 Å². The van der Waals surface area contributed by atoms with Crippen LogP contribution in [-0.4, -0.2) is 45.2 Å². The minimum absolute atomic E-state index is 0.0510. The Morgan fingerprint density at radius 3 is 2.48 bits per heavy atom. The number of carbonyl (C=O) groups excluding carboxylic acids is 2. The number of pyridine rings is 1. The number of rotatable bonds is 4. The molecule has 1 saturated heterocycles. The molecule has 0 spiro atoms. The monoisotopic (exact) mass is 464 g/mol. The summed E-state index contributed by atoms with van der Waals surface area (Å²) in [5, 5.41) is 14.7. The Morgan fingerprint density at radius 1 is 1.18 bits per heavy atom. The van der Waals surface area contributed by atoms with E-state index in [1.165, 1.54) is 10.9 Å². The van der Waals surface area contributed by atoms with E-state index in [0.717, 1.165) is 12.8 Å². The Balaban J connectivity index is 1.73. The average Bonchev–Trinajstić information content (AvgIpc) is 2.75. The van der Waals surface area contributed by atoms with Crippen molar-refractivity contribution in [2.75, 3.05) is 11.6 Å². The molecule has 11 heteroatoms. The minimum atomic E-state index is -1.19. The largest absolute Gasteiger partial charge is 0.502 e. The predicted molar refractivity (Wildman–Crippen MR) is 112 cm³/mol. The lowest BCUT2D eigenvalue weighted by atomic mass is 10.00. The number of carbonyl (C=O) groups is 2. The van der Waals surface area contributed by atoms with Crippen molar-refractivity contribution in [2.24, 2.45) is 0 Å². The molecule has 2 amide bonds. The molecule has 0 saturated carbocycles. The molecule has 0 unspecified atom stereocenters. The zero-order chi connectivity index (χ0) is 24.0. The van der Waals surface area contributed by atoms with Crippen LogP contribution in [0.1, 0.15) is 59.5 Å². The van der Waals surface area contributed by atoms with Crippen molar-refractivity contribution in [3.8, 4) is 5.75 Å². The van der Waals surface area contributed by atoms with Gasteiger partial charge in [0.1, 0.15) is 29.2 Å². The number of fused-ring (bicyclic) bond motifs is 3. The normalized spacial score (nSPS) is 19.8. The van der Waals surface area contributed by atoms with E-state index in [1.54, 1.807) is 11.8 Å². The van der Waals surface area contributed by atoms with Crippen LogP contribution in [0.2, 0.25) is 0 Å². The van der Waals surface area contributed by atoms with Gasteiger partial charge in [-0.2, -0.15) is 0 Å². The van der Waals surface area contributed by atoms with E-state index in [2.05, 4.69) is 5.32 Å². The molecule has 8 nitrogen and oxygen atoms in total. The van der Waals surface area contributed by atoms with Gasteiger partial charge >= 0.3 is 0 Å². The quantitative estimate of drug-likeness (QED) is 0.724. The molecule has 2 atom stereocenters. The fourth-order valence-corrected chi connectivity index (χ4v) is 4.57. The van der Waals surface area contributed by atoms with Crippen molar-refractivity contribution in [2.45, 2.75) is 51.9 Å². The fourth-order valence-electron chi connectivity index (χ4n) is 4.57. The molecular formula is C22H23F3N4O4. The maximum atomic E-state index is 13.9. The van der Waals surface area contributed by atoms with Gasteiger partial charge in [-0.05, 0) is 33.1 Å². The van der Waals surface area contributed by atoms with E-state index in [-0.39, 0.29) is 17.9 Å². The Hall–Kier alpha value is -3.50. The van der Waals surface area contributed by atoms with Crippen molar-refractivity contribution in [3.63, 3.8) is 0 Å². The molecule has 2 N–H and O–H groups in total. The molecule has 0 aliphatic carbocycles. The van der Waals surface area contributed by atoms with Gasteiger partial charge in [0.2, 0.25) is 5.43 Å². The summed E-state index contributed by atoms with van der Waals surface area (Å²) in [5.74, 6) is -5.87. The first-order valence-electron chi connectivity index (χ1n) is 10.7. The van der Waals surface area contributed by atoms with E-state index in [0.29, 0.717) is 25.1 Å². The van der Waals surface area contributed by atoms with Crippen LogP contribution in [0.3, 0.4) is 0 Å². The summed E-state index contributed by atoms with van der Waals surface area (Å²) in [7, 11) is 0. The highest BCUT2D eigenvalue weighted by Crippen LogP contribution is 2.32. The summed E-state index contributed by atoms with van der Waals surface area (Å²) in [6.07, 6.45) is 3.23. The third kappa shape index (κ3) is 3.70. The van der Waals surface area contributed by atoms with E-state index in [9.17, 15) is 32.7 Å². The van der Waals surface area contributed by atoms with Crippen LogP contribution >= 0.6 is 0 Å². The van der Waals surface area contributed by atoms with Crippen LogP contribution < -0.4 is 15.8 Å². The highest BCUT2D eigenvalue weighted by atomic mass is 19.1. The zero-order valence-corrected chi connectivity index (χ0v) is 18.1. The van der Waals surface area contributed by atoms with Gasteiger partial charge in [0.15, 0.2) is 11.4 Å². The summed E-state index contributed by atoms with van der Waals surface area (Å²) in [6, 6.07) is 0.908. The number of nitrogens with one attached hydrogen (secondary N) is 1. The van der Waals surface area contributed by atoms with Crippen molar-refractivity contribution in [1.82, 2.24) is 14.9 Å². The molecule has 176 valence electrons. The Labute approximate surface area is 187 Å². The van der Waals surface area contributed by atoms with Gasteiger partial charge < -0.3 is 15.3 Å². The molecule has 2 aliphatic rings. The second-order valence-electron chi connectivity index (χ2n) is 8.18. The molecule has 0 bridgehead atoms. The van der Waals surface area contributed by atoms with Crippen LogP contribution in [0.15, 0.2) is 23.1 Å². The van der Waals surface area contributed by atoms with E-state index in [4.69, 9.17) is 0 Å². The van der Waals surface area contributed by atoms with Crippen molar-refractivity contribution in [1.29, 1.82) is 0 Å². The van der Waals surface area contributed by atoms with Crippen molar-refractivity contribution in [3.05, 3.63) is 62.8 Å². The van der Waals surface area contributed by atoms with Crippen molar-refractivity contribution >= 4 is 11.8 Å². The van der Waals surface area contributed by atoms with Crippen molar-refractivity contribution < 1.29 is 27.9 Å². The molecule has 1 fully saturated rings. The highest BCUT2D eigenvalue weighted by molar-refractivity contribution is 5.99. The number of aromatic hydroxyl groups is 1. The van der Waals surface area contributed by atoms with Crippen LogP contribution in [0.25, 0.3) is 0 Å². The Bertz CT molecular complexity index is 1180. The molecule has 2 aromatic rings. The molecule has 33 heavy (non-hydrogen) atoms. The first kappa shape index (κ1) is 22.7. The molecule has 1 aromatic carbocycles. The predicted octanol–water partition coefficient (Wildman–Crippen LogP) is 2.21. The van der Waals surface area contributed by atoms with Gasteiger partial charge in [0.05, 0.1) is 0 Å². The average molecular weight is 464 g/mol. The maximum absolute atomic E-state index is 13.9. The lowest BCUT2D eigenvalue weighted by Crippen LogP contribution is -2.65. The van der Waals surface area contributed by atoms with Crippen LogP contribution in [-0.2, 0) is 6.54 Å². The molecule has 1 aromatic heterocycles. The lowest BCUT2D eigenvalue weighted by molar-refractivity contribution is 0.0499. The number of benzene rings is 1. The zero-order valence-electron chi connectivity index (χ0n) is 18.1. The Morgan fingerprint density at radius 2 is 1.85 bits per heavy atom. The third-order valence-electron chi connectivity index (χ3n) is 6.19. The molecule has 4 rings (SSSR count). The van der Waals surface area contributed by atoms with Gasteiger partial charge in [0, 0.05) is 43.0 Å². The number of aromatic nitrogens is 1. The van der Waals surface area contributed by atoms with Crippen LogP contribution in [0.4, 0.5) is 13.2 Å². The Kier molecular flexibility index (Phi) is 5.81. The summed E-state index contributed by atoms with van der Waals surface area (Å²) >= 11 is 0. The van der Waals surface area contributed by atoms with Gasteiger partial charge in [-0.25, -0.2) is 13.2 Å². The van der Waals surface area contributed by atoms with Crippen LogP contribution in [0.5, 0.6) is 5.75 Å². The number of amides is 2. The number of halogens is 3. The smallest absolute Gasteiger partial charge is 0.278 e. The molecule has 2 aliphatic heterocycles. The number of nitrogens with zero attached hydrogens (tertiary/aromatic N) is 3. The summed E-state index contributed by atoms with van der Waals surface area (Å²) in [6.45, 7) is 3.46. The molecular weight excluding hydrogens is 441 g/mol. The maximum Gasteiger partial charge on any atom is 0.278 e. The fraction of sp³-hybridized carbons (Fsp3) is 0.409. The topological polar surface area (TPSA) is 94.9 Å². The SMILES string of the molecule is CCN1C(=O)c2c(O)c(=O)c(C(=O)NCc3c(F)cc(F)cc3F)cn2N2[C@H](C)CCC[C@@H]12. The summed E-state index contributed by atoms with van der Waals surface area (Å²) in [5.41, 5.74) is -2.38. The number of piperidine rings is 1. The standard InChI is InChI=1S/C22H23F3N4O4/c1-3-27-17-6-4-5-11(2)29(17)28-10-14(19(30)20(31)18(28)22(27)33)21(32)26-9-13-15(24)7-12(23)8-16(13)25/h7-8,10-11,17,31H,3-6,9H2,1-2H3,(H,26,32)/t11-,17+/m1/s1. The van der Waals surface area contributed by atoms with Gasteiger partial charge in [-0.1, -0.05) is 0 Å². The summed E-state index contributed by atoms with van der Waals surface area (Å²) in [4.78, 5) is 40.1. The molecule has 0 radical (unpaired) electrons. The summed E-state index contributed by atoms with van der Waals surface area (Å²) < 4.78 is 42.2. The second-order valence-corrected chi connectivity index (χ2v) is 8.18.